The lowest BCUT2D eigenvalue weighted by molar-refractivity contribution is -0.132. The topological polar surface area (TPSA) is 58.8 Å². The Morgan fingerprint density at radius 3 is 2.18 bits per heavy atom. The third kappa shape index (κ3) is 6.59. The largest absolute Gasteiger partial charge is 0.373 e. The second kappa shape index (κ2) is 10.7. The average molecular weight is 356 g/mol. The van der Waals surface area contributed by atoms with Crippen LogP contribution in [-0.4, -0.2) is 67.2 Å². The zero-order valence-corrected chi connectivity index (χ0v) is 15.3. The maximum absolute atomic E-state index is 11.8. The van der Waals surface area contributed by atoms with Gasteiger partial charge in [-0.3, -0.25) is 9.69 Å². The molecule has 2 atom stereocenters. The van der Waals surface area contributed by atoms with E-state index in [1.807, 2.05) is 4.90 Å². The molecule has 0 aliphatic carbocycles. The number of nitrogens with zero attached hydrogens (tertiary/aromatic N) is 2. The van der Waals surface area contributed by atoms with Crippen molar-refractivity contribution in [1.82, 2.24) is 9.80 Å². The van der Waals surface area contributed by atoms with Crippen molar-refractivity contribution < 1.29 is 9.53 Å². The minimum absolute atomic E-state index is 0. The molecule has 2 aliphatic heterocycles. The van der Waals surface area contributed by atoms with Crippen molar-refractivity contribution >= 4 is 30.7 Å². The van der Waals surface area contributed by atoms with Gasteiger partial charge in [-0.05, 0) is 32.6 Å². The van der Waals surface area contributed by atoms with Crippen molar-refractivity contribution in [3.8, 4) is 0 Å². The molecule has 132 valence electrons. The maximum atomic E-state index is 11.8. The van der Waals surface area contributed by atoms with Gasteiger partial charge in [-0.15, -0.1) is 24.8 Å². The lowest BCUT2D eigenvalue weighted by Gasteiger charge is -2.39. The highest BCUT2D eigenvalue weighted by molar-refractivity contribution is 5.85. The SMILES string of the molecule is CC1CN(CC2CCN(C(=O)CCN)CC2)CC(C)O1.Cl.Cl. The molecule has 0 saturated carbocycles. The first-order valence-electron chi connectivity index (χ1n) is 7.94. The van der Waals surface area contributed by atoms with E-state index >= 15 is 0 Å². The molecule has 2 fully saturated rings. The molecule has 0 radical (unpaired) electrons. The number of morpholine rings is 1. The van der Waals surface area contributed by atoms with Crippen LogP contribution in [-0.2, 0) is 9.53 Å². The van der Waals surface area contributed by atoms with Crippen molar-refractivity contribution in [1.29, 1.82) is 0 Å². The standard InChI is InChI=1S/C15H29N3O2.2ClH/c1-12-9-17(10-13(2)20-12)11-14-4-7-18(8-5-14)15(19)3-6-16;;/h12-14H,3-11,16H2,1-2H3;2*1H. The Labute approximate surface area is 146 Å². The predicted octanol–water partition coefficient (Wildman–Crippen LogP) is 1.53. The van der Waals surface area contributed by atoms with Crippen LogP contribution in [0, 0.1) is 5.92 Å². The monoisotopic (exact) mass is 355 g/mol. The second-order valence-corrected chi connectivity index (χ2v) is 6.34. The van der Waals surface area contributed by atoms with Crippen LogP contribution >= 0.6 is 24.8 Å². The van der Waals surface area contributed by atoms with E-state index in [1.54, 1.807) is 0 Å². The number of hydrogen-bond acceptors (Lipinski definition) is 4. The van der Waals surface area contributed by atoms with Crippen molar-refractivity contribution in [2.45, 2.75) is 45.3 Å². The Morgan fingerprint density at radius 1 is 1.14 bits per heavy atom. The summed E-state index contributed by atoms with van der Waals surface area (Å²) in [5.74, 6) is 0.939. The number of carbonyl (C=O) groups excluding carboxylic acids is 1. The van der Waals surface area contributed by atoms with Crippen LogP contribution in [0.2, 0.25) is 0 Å². The van der Waals surface area contributed by atoms with Crippen molar-refractivity contribution in [2.24, 2.45) is 11.7 Å². The molecule has 0 aromatic rings. The van der Waals surface area contributed by atoms with Crippen LogP contribution < -0.4 is 5.73 Å². The van der Waals surface area contributed by atoms with Gasteiger partial charge in [0, 0.05) is 45.7 Å². The van der Waals surface area contributed by atoms with E-state index in [0.29, 0.717) is 25.2 Å². The number of ether oxygens (including phenoxy) is 1. The summed E-state index contributed by atoms with van der Waals surface area (Å²) in [4.78, 5) is 16.3. The van der Waals surface area contributed by atoms with Crippen molar-refractivity contribution in [2.75, 3.05) is 39.3 Å². The minimum atomic E-state index is 0. The Kier molecular flexibility index (Phi) is 10.6. The lowest BCUT2D eigenvalue weighted by Crippen LogP contribution is -2.48. The first kappa shape index (κ1) is 21.9. The summed E-state index contributed by atoms with van der Waals surface area (Å²) in [5, 5.41) is 0. The number of nitrogens with two attached hydrogens (primary N) is 1. The molecule has 5 nitrogen and oxygen atoms in total. The number of hydrogen-bond donors (Lipinski definition) is 1. The van der Waals surface area contributed by atoms with Crippen molar-refractivity contribution in [3.05, 3.63) is 0 Å². The van der Waals surface area contributed by atoms with E-state index in [4.69, 9.17) is 10.5 Å². The van der Waals surface area contributed by atoms with Crippen LogP contribution in [0.1, 0.15) is 33.1 Å². The fourth-order valence-corrected chi connectivity index (χ4v) is 3.45. The number of halogens is 2. The molecule has 2 rings (SSSR count). The summed E-state index contributed by atoms with van der Waals surface area (Å²) >= 11 is 0. The quantitative estimate of drug-likeness (QED) is 0.830. The summed E-state index contributed by atoms with van der Waals surface area (Å²) in [6, 6.07) is 0. The third-order valence-corrected chi connectivity index (χ3v) is 4.34. The summed E-state index contributed by atoms with van der Waals surface area (Å²) in [5.41, 5.74) is 5.45. The fourth-order valence-electron chi connectivity index (χ4n) is 3.45. The zero-order valence-electron chi connectivity index (χ0n) is 13.7. The first-order chi connectivity index (χ1) is 9.58. The van der Waals surface area contributed by atoms with E-state index in [2.05, 4.69) is 18.7 Å². The van der Waals surface area contributed by atoms with E-state index in [1.165, 1.54) is 0 Å². The van der Waals surface area contributed by atoms with Crippen molar-refractivity contribution in [3.63, 3.8) is 0 Å². The summed E-state index contributed by atoms with van der Waals surface area (Å²) in [7, 11) is 0. The van der Waals surface area contributed by atoms with Gasteiger partial charge in [0.05, 0.1) is 12.2 Å². The second-order valence-electron chi connectivity index (χ2n) is 6.34. The molecular formula is C15H31Cl2N3O2. The average Bonchev–Trinajstić information content (AvgIpc) is 2.38. The van der Waals surface area contributed by atoms with Crippen LogP contribution in [0.25, 0.3) is 0 Å². The van der Waals surface area contributed by atoms with E-state index in [0.717, 1.165) is 51.5 Å². The molecule has 7 heteroatoms. The molecule has 2 aliphatic rings. The lowest BCUT2D eigenvalue weighted by atomic mass is 9.95. The van der Waals surface area contributed by atoms with Crippen LogP contribution in [0.5, 0.6) is 0 Å². The van der Waals surface area contributed by atoms with Gasteiger partial charge >= 0.3 is 0 Å². The highest BCUT2D eigenvalue weighted by Gasteiger charge is 2.27. The molecular weight excluding hydrogens is 325 g/mol. The molecule has 0 spiro atoms. The molecule has 0 bridgehead atoms. The van der Waals surface area contributed by atoms with Gasteiger partial charge in [0.15, 0.2) is 0 Å². The van der Waals surface area contributed by atoms with E-state index in [9.17, 15) is 4.79 Å². The zero-order chi connectivity index (χ0) is 14.5. The molecule has 0 aromatic carbocycles. The number of likely N-dealkylation sites (tertiary alicyclic amines) is 1. The van der Waals surface area contributed by atoms with Gasteiger partial charge in [0.1, 0.15) is 0 Å². The Balaban J connectivity index is 0.00000220. The van der Waals surface area contributed by atoms with Gasteiger partial charge in [-0.25, -0.2) is 0 Å². The van der Waals surface area contributed by atoms with E-state index < -0.39 is 0 Å². The van der Waals surface area contributed by atoms with Crippen LogP contribution in [0.4, 0.5) is 0 Å². The smallest absolute Gasteiger partial charge is 0.223 e. The minimum Gasteiger partial charge on any atom is -0.373 e. The third-order valence-electron chi connectivity index (χ3n) is 4.34. The summed E-state index contributed by atoms with van der Waals surface area (Å²) < 4.78 is 5.77. The molecule has 2 saturated heterocycles. The molecule has 1 amide bonds. The van der Waals surface area contributed by atoms with Crippen LogP contribution in [0.3, 0.4) is 0 Å². The number of carbonyl (C=O) groups is 1. The van der Waals surface area contributed by atoms with Gasteiger partial charge in [-0.2, -0.15) is 0 Å². The normalized spacial score (nSPS) is 27.0. The molecule has 2 unspecified atom stereocenters. The Morgan fingerprint density at radius 2 is 1.68 bits per heavy atom. The molecule has 0 aromatic heterocycles. The van der Waals surface area contributed by atoms with Gasteiger partial charge in [0.25, 0.3) is 0 Å². The maximum Gasteiger partial charge on any atom is 0.223 e. The van der Waals surface area contributed by atoms with E-state index in [-0.39, 0.29) is 30.7 Å². The van der Waals surface area contributed by atoms with Gasteiger partial charge in [-0.1, -0.05) is 0 Å². The predicted molar refractivity (Wildman–Crippen MR) is 93.9 cm³/mol. The molecule has 22 heavy (non-hydrogen) atoms. The first-order valence-corrected chi connectivity index (χ1v) is 7.94. The number of amides is 1. The Bertz CT molecular complexity index is 316. The van der Waals surface area contributed by atoms with Crippen LogP contribution in [0.15, 0.2) is 0 Å². The summed E-state index contributed by atoms with van der Waals surface area (Å²) in [6.07, 6.45) is 3.41. The number of rotatable bonds is 4. The Hall–Kier alpha value is -0.0700. The highest BCUT2D eigenvalue weighted by atomic mass is 35.5. The van der Waals surface area contributed by atoms with Gasteiger partial charge < -0.3 is 15.4 Å². The molecule has 2 N–H and O–H groups in total. The molecule has 2 heterocycles. The number of piperidine rings is 1. The fraction of sp³-hybridized carbons (Fsp3) is 0.933. The van der Waals surface area contributed by atoms with Gasteiger partial charge in [0.2, 0.25) is 5.91 Å². The highest BCUT2D eigenvalue weighted by Crippen LogP contribution is 2.21. The summed E-state index contributed by atoms with van der Waals surface area (Å²) in [6.45, 7) is 9.79.